The predicted molar refractivity (Wildman–Crippen MR) is 67.5 cm³/mol. The zero-order valence-electron chi connectivity index (χ0n) is 9.58. The second kappa shape index (κ2) is 5.34. The summed E-state index contributed by atoms with van der Waals surface area (Å²) in [4.78, 5) is 13.1. The molecule has 0 saturated carbocycles. The molecule has 1 atom stereocenters. The fourth-order valence-corrected chi connectivity index (χ4v) is 1.76. The molecule has 1 saturated heterocycles. The smallest absolute Gasteiger partial charge is 0.410 e. The van der Waals surface area contributed by atoms with Crippen LogP contribution in [-0.4, -0.2) is 30.2 Å². The van der Waals surface area contributed by atoms with Crippen LogP contribution in [0, 0.1) is 0 Å². The van der Waals surface area contributed by atoms with Crippen molar-refractivity contribution in [1.82, 2.24) is 4.90 Å². The van der Waals surface area contributed by atoms with E-state index >= 15 is 0 Å². The highest BCUT2D eigenvalue weighted by Crippen LogP contribution is 2.14. The average molecular weight is 229 g/mol. The maximum absolute atomic E-state index is 11.4. The summed E-state index contributed by atoms with van der Waals surface area (Å²) in [7, 11) is 0. The fourth-order valence-electron chi connectivity index (χ4n) is 1.76. The van der Waals surface area contributed by atoms with Gasteiger partial charge in [0.25, 0.3) is 0 Å². The topological polar surface area (TPSA) is 29.5 Å². The maximum atomic E-state index is 11.4. The summed E-state index contributed by atoms with van der Waals surface area (Å²) in [6, 6.07) is 9.98. The van der Waals surface area contributed by atoms with Crippen molar-refractivity contribution in [2.45, 2.75) is 6.04 Å². The minimum Gasteiger partial charge on any atom is -0.447 e. The molecule has 0 aliphatic carbocycles. The molecule has 1 aromatic rings. The lowest BCUT2D eigenvalue weighted by atomic mass is 10.1. The van der Waals surface area contributed by atoms with E-state index in [-0.39, 0.29) is 12.1 Å². The van der Waals surface area contributed by atoms with Gasteiger partial charge in [0.1, 0.15) is 6.61 Å². The second-order valence-corrected chi connectivity index (χ2v) is 3.86. The number of carbonyl (C=O) groups is 1. The zero-order valence-corrected chi connectivity index (χ0v) is 9.58. The first-order valence-electron chi connectivity index (χ1n) is 5.59. The summed E-state index contributed by atoms with van der Waals surface area (Å²) >= 11 is 0. The molecule has 1 fully saturated rings. The quantitative estimate of drug-likeness (QED) is 0.743. The molecule has 17 heavy (non-hydrogen) atoms. The molecule has 0 bridgehead atoms. The number of hydrogen-bond donors (Lipinski definition) is 0. The van der Waals surface area contributed by atoms with Gasteiger partial charge in [-0.2, -0.15) is 0 Å². The van der Waals surface area contributed by atoms with Crippen LogP contribution in [0.5, 0.6) is 0 Å². The summed E-state index contributed by atoms with van der Waals surface area (Å²) in [5.41, 5.74) is 1.12. The van der Waals surface area contributed by atoms with Crippen LogP contribution < -0.4 is 0 Å². The predicted octanol–water partition coefficient (Wildman–Crippen LogP) is 2.71. The number of benzene rings is 1. The Bertz CT molecular complexity index is 425. The molecule has 0 aromatic heterocycles. The summed E-state index contributed by atoms with van der Waals surface area (Å²) in [5, 5.41) is 0. The number of amides is 1. The van der Waals surface area contributed by atoms with Crippen LogP contribution in [0.4, 0.5) is 4.79 Å². The van der Waals surface area contributed by atoms with Gasteiger partial charge in [-0.25, -0.2) is 4.79 Å². The van der Waals surface area contributed by atoms with E-state index in [4.69, 9.17) is 4.74 Å². The summed E-state index contributed by atoms with van der Waals surface area (Å²) in [5.74, 6) is 0. The normalized spacial score (nSPS) is 19.6. The van der Waals surface area contributed by atoms with Crippen molar-refractivity contribution in [3.63, 3.8) is 0 Å². The highest BCUT2D eigenvalue weighted by atomic mass is 16.6. The van der Waals surface area contributed by atoms with Gasteiger partial charge in [-0.05, 0) is 5.56 Å². The molecule has 1 amide bonds. The van der Waals surface area contributed by atoms with Crippen molar-refractivity contribution in [2.75, 3.05) is 13.2 Å². The highest BCUT2D eigenvalue weighted by Gasteiger charge is 2.29. The van der Waals surface area contributed by atoms with Crippen molar-refractivity contribution >= 4 is 12.2 Å². The molecular weight excluding hydrogens is 214 g/mol. The highest BCUT2D eigenvalue weighted by molar-refractivity contribution is 5.71. The molecule has 3 heteroatoms. The molecular formula is C14H15NO2. The van der Waals surface area contributed by atoms with Crippen LogP contribution in [0.15, 0.2) is 49.1 Å². The van der Waals surface area contributed by atoms with Crippen LogP contribution in [0.1, 0.15) is 5.56 Å². The number of rotatable bonds is 4. The van der Waals surface area contributed by atoms with Crippen LogP contribution in [0.3, 0.4) is 0 Å². The van der Waals surface area contributed by atoms with E-state index in [1.807, 2.05) is 42.5 Å². The standard InChI is InChI=1S/C14H15NO2/c1-2-10-15-13(11-17-14(15)16)9-8-12-6-4-3-5-7-12/h2-9,13H,1,10-11H2/b9-8+. The van der Waals surface area contributed by atoms with E-state index in [1.165, 1.54) is 0 Å². The van der Waals surface area contributed by atoms with Gasteiger partial charge in [0.05, 0.1) is 6.04 Å². The van der Waals surface area contributed by atoms with Crippen molar-refractivity contribution in [1.29, 1.82) is 0 Å². The Hall–Kier alpha value is -2.03. The molecule has 1 aromatic carbocycles. The Morgan fingerprint density at radius 1 is 1.41 bits per heavy atom. The molecule has 0 N–H and O–H groups in total. The van der Waals surface area contributed by atoms with Gasteiger partial charge >= 0.3 is 6.09 Å². The molecule has 1 unspecified atom stereocenters. The molecule has 1 heterocycles. The van der Waals surface area contributed by atoms with Crippen LogP contribution in [0.2, 0.25) is 0 Å². The third kappa shape index (κ3) is 2.75. The first-order valence-corrected chi connectivity index (χ1v) is 5.59. The molecule has 1 aliphatic heterocycles. The van der Waals surface area contributed by atoms with Gasteiger partial charge in [0.2, 0.25) is 0 Å². The summed E-state index contributed by atoms with van der Waals surface area (Å²) in [6.07, 6.45) is 5.43. The van der Waals surface area contributed by atoms with Crippen LogP contribution in [0.25, 0.3) is 6.08 Å². The molecule has 0 radical (unpaired) electrons. The number of cyclic esters (lactones) is 1. The van der Waals surface area contributed by atoms with E-state index in [0.29, 0.717) is 13.2 Å². The molecule has 88 valence electrons. The van der Waals surface area contributed by atoms with E-state index in [0.717, 1.165) is 5.56 Å². The van der Waals surface area contributed by atoms with Crippen molar-refractivity contribution < 1.29 is 9.53 Å². The van der Waals surface area contributed by atoms with Gasteiger partial charge in [0, 0.05) is 6.54 Å². The number of nitrogens with zero attached hydrogens (tertiary/aromatic N) is 1. The fraction of sp³-hybridized carbons (Fsp3) is 0.214. The minimum atomic E-state index is -0.271. The van der Waals surface area contributed by atoms with Gasteiger partial charge in [-0.1, -0.05) is 48.6 Å². The second-order valence-electron chi connectivity index (χ2n) is 3.86. The Morgan fingerprint density at radius 3 is 2.88 bits per heavy atom. The van der Waals surface area contributed by atoms with E-state index in [2.05, 4.69) is 6.58 Å². The molecule has 3 nitrogen and oxygen atoms in total. The minimum absolute atomic E-state index is 0.000654. The lowest BCUT2D eigenvalue weighted by Gasteiger charge is -2.16. The SMILES string of the molecule is C=CCN1C(=O)OCC1/C=C/c1ccccc1. The third-order valence-corrected chi connectivity index (χ3v) is 2.65. The van der Waals surface area contributed by atoms with Crippen molar-refractivity contribution in [3.05, 3.63) is 54.6 Å². The Labute approximate surface area is 101 Å². The Balaban J connectivity index is 2.05. The van der Waals surface area contributed by atoms with Gasteiger partial charge in [-0.15, -0.1) is 6.58 Å². The van der Waals surface area contributed by atoms with E-state index in [9.17, 15) is 4.79 Å². The Kier molecular flexibility index (Phi) is 3.60. The zero-order chi connectivity index (χ0) is 12.1. The van der Waals surface area contributed by atoms with Crippen LogP contribution in [-0.2, 0) is 4.74 Å². The van der Waals surface area contributed by atoms with Gasteiger partial charge in [0.15, 0.2) is 0 Å². The van der Waals surface area contributed by atoms with Crippen molar-refractivity contribution in [3.8, 4) is 0 Å². The largest absolute Gasteiger partial charge is 0.447 e. The van der Waals surface area contributed by atoms with Gasteiger partial charge in [-0.3, -0.25) is 4.90 Å². The molecule has 0 spiro atoms. The third-order valence-electron chi connectivity index (χ3n) is 2.65. The number of carbonyl (C=O) groups excluding carboxylic acids is 1. The first kappa shape index (κ1) is 11.5. The monoisotopic (exact) mass is 229 g/mol. The maximum Gasteiger partial charge on any atom is 0.410 e. The summed E-state index contributed by atoms with van der Waals surface area (Å²) in [6.45, 7) is 4.57. The molecule has 1 aliphatic rings. The van der Waals surface area contributed by atoms with Crippen LogP contribution >= 0.6 is 0 Å². The molecule has 2 rings (SSSR count). The number of hydrogen-bond acceptors (Lipinski definition) is 2. The van der Waals surface area contributed by atoms with E-state index < -0.39 is 0 Å². The lowest BCUT2D eigenvalue weighted by molar-refractivity contribution is 0.160. The lowest BCUT2D eigenvalue weighted by Crippen LogP contribution is -2.31. The Morgan fingerprint density at radius 2 is 2.18 bits per heavy atom. The number of ether oxygens (including phenoxy) is 1. The first-order chi connectivity index (χ1) is 8.31. The summed E-state index contributed by atoms with van der Waals surface area (Å²) < 4.78 is 5.01. The van der Waals surface area contributed by atoms with E-state index in [1.54, 1.807) is 11.0 Å². The van der Waals surface area contributed by atoms with Crippen molar-refractivity contribution in [2.24, 2.45) is 0 Å². The average Bonchev–Trinajstić information content (AvgIpc) is 2.70. The van der Waals surface area contributed by atoms with Gasteiger partial charge < -0.3 is 4.74 Å².